The average Bonchev–Trinajstić information content (AvgIpc) is 2.52. The van der Waals surface area contributed by atoms with Crippen molar-refractivity contribution in [1.82, 2.24) is 10.0 Å². The van der Waals surface area contributed by atoms with Gasteiger partial charge in [-0.15, -0.1) is 0 Å². The van der Waals surface area contributed by atoms with Gasteiger partial charge in [-0.05, 0) is 44.0 Å². The van der Waals surface area contributed by atoms with Gasteiger partial charge in [0.25, 0.3) is 5.91 Å². The number of amides is 1. The molecule has 0 aliphatic rings. The Balaban J connectivity index is 2.68. The summed E-state index contributed by atoms with van der Waals surface area (Å²) < 4.78 is 37.5. The van der Waals surface area contributed by atoms with Crippen molar-refractivity contribution >= 4 is 15.9 Å². The van der Waals surface area contributed by atoms with Gasteiger partial charge in [-0.1, -0.05) is 13.8 Å². The average molecular weight is 372 g/mol. The molecular formula is C17H28N2O5S. The first-order valence-corrected chi connectivity index (χ1v) is 9.69. The van der Waals surface area contributed by atoms with E-state index in [0.29, 0.717) is 18.2 Å². The number of carbonyl (C=O) groups is 1. The smallest absolute Gasteiger partial charge is 0.260 e. The quantitative estimate of drug-likeness (QED) is 0.650. The van der Waals surface area contributed by atoms with Crippen LogP contribution in [0.3, 0.4) is 0 Å². The van der Waals surface area contributed by atoms with Crippen LogP contribution in [0, 0.1) is 5.92 Å². The van der Waals surface area contributed by atoms with E-state index >= 15 is 0 Å². The third kappa shape index (κ3) is 7.41. The van der Waals surface area contributed by atoms with E-state index in [-0.39, 0.29) is 23.5 Å². The Labute approximate surface area is 150 Å². The SMILES string of the molecule is COC[C@H](C)NS(=O)(=O)c1ccc(O[C@@H](C)C(=O)NCC(C)C)cc1. The predicted octanol–water partition coefficient (Wildman–Crippen LogP) is 1.54. The Morgan fingerprint density at radius 3 is 2.24 bits per heavy atom. The molecule has 2 atom stereocenters. The Hall–Kier alpha value is -1.64. The van der Waals surface area contributed by atoms with Crippen molar-refractivity contribution in [1.29, 1.82) is 0 Å². The van der Waals surface area contributed by atoms with Crippen molar-refractivity contribution in [2.75, 3.05) is 20.3 Å². The molecule has 0 radical (unpaired) electrons. The maximum Gasteiger partial charge on any atom is 0.260 e. The molecule has 142 valence electrons. The van der Waals surface area contributed by atoms with Crippen LogP contribution in [0.25, 0.3) is 0 Å². The minimum atomic E-state index is -3.63. The van der Waals surface area contributed by atoms with Crippen LogP contribution in [0.2, 0.25) is 0 Å². The number of benzene rings is 1. The van der Waals surface area contributed by atoms with Gasteiger partial charge in [0.05, 0.1) is 11.5 Å². The first-order valence-electron chi connectivity index (χ1n) is 8.21. The molecule has 2 N–H and O–H groups in total. The highest BCUT2D eigenvalue weighted by Crippen LogP contribution is 2.17. The summed E-state index contributed by atoms with van der Waals surface area (Å²) in [4.78, 5) is 12.0. The lowest BCUT2D eigenvalue weighted by Gasteiger charge is -2.16. The molecule has 8 heteroatoms. The lowest BCUT2D eigenvalue weighted by molar-refractivity contribution is -0.127. The number of ether oxygens (including phenoxy) is 2. The number of hydrogen-bond donors (Lipinski definition) is 2. The van der Waals surface area contributed by atoms with Crippen LogP contribution in [0.1, 0.15) is 27.7 Å². The highest BCUT2D eigenvalue weighted by Gasteiger charge is 2.18. The molecule has 1 aromatic carbocycles. The van der Waals surface area contributed by atoms with Crippen LogP contribution < -0.4 is 14.8 Å². The first kappa shape index (κ1) is 21.4. The molecule has 25 heavy (non-hydrogen) atoms. The van der Waals surface area contributed by atoms with E-state index in [1.807, 2.05) is 13.8 Å². The largest absolute Gasteiger partial charge is 0.481 e. The first-order chi connectivity index (χ1) is 11.7. The molecule has 0 saturated carbocycles. The summed E-state index contributed by atoms with van der Waals surface area (Å²) in [5.74, 6) is 0.574. The second-order valence-corrected chi connectivity index (χ2v) is 8.06. The van der Waals surface area contributed by atoms with Gasteiger partial charge in [0, 0.05) is 19.7 Å². The third-order valence-electron chi connectivity index (χ3n) is 3.27. The second kappa shape index (κ2) is 9.74. The summed E-state index contributed by atoms with van der Waals surface area (Å²) >= 11 is 0. The van der Waals surface area contributed by atoms with Crippen molar-refractivity contribution in [2.24, 2.45) is 5.92 Å². The predicted molar refractivity (Wildman–Crippen MR) is 96.0 cm³/mol. The van der Waals surface area contributed by atoms with Gasteiger partial charge in [-0.25, -0.2) is 13.1 Å². The highest BCUT2D eigenvalue weighted by molar-refractivity contribution is 7.89. The molecule has 0 spiro atoms. The van der Waals surface area contributed by atoms with Crippen molar-refractivity contribution < 1.29 is 22.7 Å². The molecule has 7 nitrogen and oxygen atoms in total. The molecule has 0 heterocycles. The van der Waals surface area contributed by atoms with E-state index in [2.05, 4.69) is 10.0 Å². The zero-order chi connectivity index (χ0) is 19.0. The van der Waals surface area contributed by atoms with Gasteiger partial charge in [-0.3, -0.25) is 4.79 Å². The topological polar surface area (TPSA) is 93.7 Å². The monoisotopic (exact) mass is 372 g/mol. The van der Waals surface area contributed by atoms with Crippen LogP contribution in [0.5, 0.6) is 5.75 Å². The zero-order valence-corrected chi connectivity index (χ0v) is 16.2. The molecule has 0 fully saturated rings. The number of rotatable bonds is 10. The molecule has 1 amide bonds. The van der Waals surface area contributed by atoms with E-state index in [4.69, 9.17) is 9.47 Å². The van der Waals surface area contributed by atoms with Gasteiger partial charge >= 0.3 is 0 Å². The summed E-state index contributed by atoms with van der Waals surface area (Å²) in [6.45, 7) is 8.24. The fourth-order valence-corrected chi connectivity index (χ4v) is 3.25. The van der Waals surface area contributed by atoms with Crippen LogP contribution >= 0.6 is 0 Å². The maximum absolute atomic E-state index is 12.2. The van der Waals surface area contributed by atoms with Crippen molar-refractivity contribution in [3.63, 3.8) is 0 Å². The van der Waals surface area contributed by atoms with E-state index in [1.165, 1.54) is 31.4 Å². The summed E-state index contributed by atoms with van der Waals surface area (Å²) in [7, 11) is -2.12. The Morgan fingerprint density at radius 2 is 1.72 bits per heavy atom. The van der Waals surface area contributed by atoms with Gasteiger partial charge in [-0.2, -0.15) is 0 Å². The van der Waals surface area contributed by atoms with Crippen molar-refractivity contribution in [3.05, 3.63) is 24.3 Å². The van der Waals surface area contributed by atoms with E-state index in [9.17, 15) is 13.2 Å². The Morgan fingerprint density at radius 1 is 1.12 bits per heavy atom. The van der Waals surface area contributed by atoms with Gasteiger partial charge in [0.2, 0.25) is 10.0 Å². The molecule has 0 bridgehead atoms. The van der Waals surface area contributed by atoms with Crippen LogP contribution in [-0.4, -0.2) is 46.7 Å². The number of nitrogens with one attached hydrogen (secondary N) is 2. The summed E-state index contributed by atoms with van der Waals surface area (Å²) in [6.07, 6.45) is -0.666. The maximum atomic E-state index is 12.2. The van der Waals surface area contributed by atoms with E-state index in [0.717, 1.165) is 0 Å². The van der Waals surface area contributed by atoms with Crippen LogP contribution in [0.4, 0.5) is 0 Å². The number of sulfonamides is 1. The zero-order valence-electron chi connectivity index (χ0n) is 15.4. The van der Waals surface area contributed by atoms with E-state index in [1.54, 1.807) is 13.8 Å². The number of hydrogen-bond acceptors (Lipinski definition) is 5. The molecule has 1 rings (SSSR count). The number of carbonyl (C=O) groups excluding carboxylic acids is 1. The molecule has 0 saturated heterocycles. The standard InChI is InChI=1S/C17H28N2O5S/c1-12(2)10-18-17(20)14(4)24-15-6-8-16(9-7-15)25(21,22)19-13(3)11-23-5/h6-9,12-14,19H,10-11H2,1-5H3,(H,18,20)/t13-,14-/m0/s1. The van der Waals surface area contributed by atoms with Crippen LogP contribution in [0.15, 0.2) is 29.2 Å². The molecule has 0 aliphatic carbocycles. The molecular weight excluding hydrogens is 344 g/mol. The molecule has 0 unspecified atom stereocenters. The summed E-state index contributed by atoms with van der Waals surface area (Å²) in [6, 6.07) is 5.60. The minimum absolute atomic E-state index is 0.125. The summed E-state index contributed by atoms with van der Waals surface area (Å²) in [5.41, 5.74) is 0. The van der Waals surface area contributed by atoms with Crippen LogP contribution in [-0.2, 0) is 19.6 Å². The number of methoxy groups -OCH3 is 1. The summed E-state index contributed by atoms with van der Waals surface area (Å²) in [5, 5.41) is 2.79. The van der Waals surface area contributed by atoms with Gasteiger partial charge < -0.3 is 14.8 Å². The normalized spacial score (nSPS) is 14.2. The fraction of sp³-hybridized carbons (Fsp3) is 0.588. The molecule has 0 aliphatic heterocycles. The highest BCUT2D eigenvalue weighted by atomic mass is 32.2. The third-order valence-corrected chi connectivity index (χ3v) is 4.88. The minimum Gasteiger partial charge on any atom is -0.481 e. The molecule has 0 aromatic heterocycles. The second-order valence-electron chi connectivity index (χ2n) is 6.35. The Bertz CT molecular complexity index is 644. The van der Waals surface area contributed by atoms with E-state index < -0.39 is 16.1 Å². The lowest BCUT2D eigenvalue weighted by Crippen LogP contribution is -2.38. The lowest BCUT2D eigenvalue weighted by atomic mass is 10.2. The van der Waals surface area contributed by atoms with Crippen molar-refractivity contribution in [2.45, 2.75) is 44.7 Å². The van der Waals surface area contributed by atoms with Crippen molar-refractivity contribution in [3.8, 4) is 5.75 Å². The van der Waals surface area contributed by atoms with Gasteiger partial charge in [0.1, 0.15) is 5.75 Å². The molecule has 1 aromatic rings. The van der Waals surface area contributed by atoms with Gasteiger partial charge in [0.15, 0.2) is 6.10 Å². The Kier molecular flexibility index (Phi) is 8.34. The fourth-order valence-electron chi connectivity index (χ4n) is 2.02.